The van der Waals surface area contributed by atoms with Gasteiger partial charge >= 0.3 is 0 Å². The summed E-state index contributed by atoms with van der Waals surface area (Å²) in [6.45, 7) is 0. The highest BCUT2D eigenvalue weighted by atomic mass is 32.2. The number of carbonyl (C=O) groups excluding carboxylic acids is 1. The highest BCUT2D eigenvalue weighted by Crippen LogP contribution is 2.29. The number of hydrogen-bond acceptors (Lipinski definition) is 5. The van der Waals surface area contributed by atoms with Gasteiger partial charge in [0, 0.05) is 11.5 Å². The van der Waals surface area contributed by atoms with E-state index in [-0.39, 0.29) is 11.7 Å². The van der Waals surface area contributed by atoms with E-state index >= 15 is 0 Å². The third kappa shape index (κ3) is 4.22. The van der Waals surface area contributed by atoms with E-state index in [9.17, 15) is 4.79 Å². The molecule has 6 heteroatoms. The Morgan fingerprint density at radius 3 is 2.72 bits per heavy atom. The van der Waals surface area contributed by atoms with Gasteiger partial charge in [-0.05, 0) is 24.3 Å². The lowest BCUT2D eigenvalue weighted by Crippen LogP contribution is -2.14. The number of hydrogen-bond donors (Lipinski definition) is 1. The molecular weight excluding hydrogens is 336 g/mol. The number of rotatable bonds is 6. The third-order valence-corrected chi connectivity index (χ3v) is 4.54. The number of thioether (sulfide) groups is 1. The maximum absolute atomic E-state index is 12.2. The second-order valence-corrected chi connectivity index (χ2v) is 6.24. The highest BCUT2D eigenvalue weighted by molar-refractivity contribution is 7.99. The zero-order valence-corrected chi connectivity index (χ0v) is 14.8. The summed E-state index contributed by atoms with van der Waals surface area (Å²) in [4.78, 5) is 16.8. The molecule has 0 unspecified atom stereocenters. The fourth-order valence-electron chi connectivity index (χ4n) is 2.36. The minimum Gasteiger partial charge on any atom is -0.497 e. The quantitative estimate of drug-likeness (QED) is 0.679. The number of benzene rings is 2. The molecule has 1 aromatic heterocycles. The summed E-state index contributed by atoms with van der Waals surface area (Å²) in [5.74, 6) is 1.37. The second kappa shape index (κ2) is 7.90. The molecule has 0 bridgehead atoms. The van der Waals surface area contributed by atoms with Gasteiger partial charge in [-0.2, -0.15) is 0 Å². The van der Waals surface area contributed by atoms with Gasteiger partial charge in [-0.25, -0.2) is 4.98 Å². The molecule has 2 aromatic carbocycles. The number of amides is 1. The lowest BCUT2D eigenvalue weighted by atomic mass is 10.2. The van der Waals surface area contributed by atoms with Crippen LogP contribution in [0.2, 0.25) is 0 Å². The van der Waals surface area contributed by atoms with Gasteiger partial charge in [-0.3, -0.25) is 4.79 Å². The van der Waals surface area contributed by atoms with Crippen molar-refractivity contribution in [2.75, 3.05) is 25.3 Å². The maximum Gasteiger partial charge on any atom is 0.234 e. The van der Waals surface area contributed by atoms with E-state index < -0.39 is 0 Å². The monoisotopic (exact) mass is 354 g/mol. The molecule has 0 aliphatic rings. The number of para-hydroxylation sites is 1. The minimum absolute atomic E-state index is 0.122. The first-order chi connectivity index (χ1) is 12.2. The number of fused-ring (bicyclic) bond motifs is 1. The van der Waals surface area contributed by atoms with Crippen LogP contribution in [-0.4, -0.2) is 30.9 Å². The topological polar surface area (TPSA) is 60.5 Å². The summed E-state index contributed by atoms with van der Waals surface area (Å²) in [5.41, 5.74) is 1.53. The van der Waals surface area contributed by atoms with Gasteiger partial charge in [-0.15, -0.1) is 0 Å². The Morgan fingerprint density at radius 1 is 1.08 bits per heavy atom. The first-order valence-electron chi connectivity index (χ1n) is 7.70. The van der Waals surface area contributed by atoms with E-state index in [4.69, 9.17) is 9.47 Å². The number of nitrogens with zero attached hydrogens (tertiary/aromatic N) is 1. The number of ether oxygens (including phenoxy) is 2. The standard InChI is InChI=1S/C19H18N2O3S/c1-23-14-8-9-16(17(11-14)24-2)20-18(22)12-25-19-10-7-13-5-3-4-6-15(13)21-19/h3-11H,12H2,1-2H3,(H,20,22). The molecule has 5 nitrogen and oxygen atoms in total. The Kier molecular flexibility index (Phi) is 5.40. The fraction of sp³-hybridized carbons (Fsp3) is 0.158. The van der Waals surface area contributed by atoms with Crippen molar-refractivity contribution in [2.45, 2.75) is 5.03 Å². The summed E-state index contributed by atoms with van der Waals surface area (Å²) < 4.78 is 10.4. The molecule has 1 heterocycles. The van der Waals surface area contributed by atoms with Crippen LogP contribution >= 0.6 is 11.8 Å². The van der Waals surface area contributed by atoms with Crippen LogP contribution in [-0.2, 0) is 4.79 Å². The Hall–Kier alpha value is -2.73. The molecular formula is C19H18N2O3S. The van der Waals surface area contributed by atoms with Gasteiger partial charge in [0.25, 0.3) is 0 Å². The third-order valence-electron chi connectivity index (χ3n) is 3.61. The zero-order chi connectivity index (χ0) is 17.6. The Labute approximate surface area is 150 Å². The van der Waals surface area contributed by atoms with Crippen LogP contribution in [0.3, 0.4) is 0 Å². The molecule has 0 radical (unpaired) electrons. The normalized spacial score (nSPS) is 10.5. The molecule has 1 N–H and O–H groups in total. The van der Waals surface area contributed by atoms with Crippen molar-refractivity contribution in [3.8, 4) is 11.5 Å². The number of nitrogens with one attached hydrogen (secondary N) is 1. The predicted octanol–water partition coefficient (Wildman–Crippen LogP) is 3.98. The van der Waals surface area contributed by atoms with Crippen molar-refractivity contribution >= 4 is 34.3 Å². The average molecular weight is 354 g/mol. The molecule has 3 aromatic rings. The van der Waals surface area contributed by atoms with Crippen LogP contribution < -0.4 is 14.8 Å². The molecule has 0 aliphatic carbocycles. The van der Waals surface area contributed by atoms with Gasteiger partial charge in [0.2, 0.25) is 5.91 Å². The molecule has 0 atom stereocenters. The van der Waals surface area contributed by atoms with Crippen LogP contribution in [0.1, 0.15) is 0 Å². The number of anilines is 1. The molecule has 0 aliphatic heterocycles. The number of pyridine rings is 1. The summed E-state index contributed by atoms with van der Waals surface area (Å²) in [6.07, 6.45) is 0. The maximum atomic E-state index is 12.2. The predicted molar refractivity (Wildman–Crippen MR) is 101 cm³/mol. The van der Waals surface area contributed by atoms with Crippen molar-refractivity contribution < 1.29 is 14.3 Å². The average Bonchev–Trinajstić information content (AvgIpc) is 2.66. The van der Waals surface area contributed by atoms with Crippen LogP contribution in [0.15, 0.2) is 59.6 Å². The second-order valence-electron chi connectivity index (χ2n) is 5.25. The van der Waals surface area contributed by atoms with E-state index in [2.05, 4.69) is 10.3 Å². The molecule has 0 fully saturated rings. The highest BCUT2D eigenvalue weighted by Gasteiger charge is 2.10. The van der Waals surface area contributed by atoms with Gasteiger partial charge < -0.3 is 14.8 Å². The van der Waals surface area contributed by atoms with E-state index in [0.29, 0.717) is 17.2 Å². The van der Waals surface area contributed by atoms with Crippen LogP contribution in [0, 0.1) is 0 Å². The lowest BCUT2D eigenvalue weighted by molar-refractivity contribution is -0.113. The number of methoxy groups -OCH3 is 2. The van der Waals surface area contributed by atoms with Crippen LogP contribution in [0.25, 0.3) is 10.9 Å². The smallest absolute Gasteiger partial charge is 0.234 e. The largest absolute Gasteiger partial charge is 0.497 e. The van der Waals surface area contributed by atoms with Crippen molar-refractivity contribution in [2.24, 2.45) is 0 Å². The van der Waals surface area contributed by atoms with E-state index in [1.165, 1.54) is 11.8 Å². The molecule has 0 spiro atoms. The van der Waals surface area contributed by atoms with E-state index in [0.717, 1.165) is 15.9 Å². The van der Waals surface area contributed by atoms with Gasteiger partial charge in [0.05, 0.1) is 36.2 Å². The molecule has 0 saturated carbocycles. The first kappa shape index (κ1) is 17.1. The molecule has 3 rings (SSSR count). The summed E-state index contributed by atoms with van der Waals surface area (Å²) in [7, 11) is 3.14. The van der Waals surface area contributed by atoms with Crippen molar-refractivity contribution in [1.29, 1.82) is 0 Å². The molecule has 0 saturated heterocycles. The minimum atomic E-state index is -0.122. The Morgan fingerprint density at radius 2 is 1.92 bits per heavy atom. The van der Waals surface area contributed by atoms with Gasteiger partial charge in [0.1, 0.15) is 11.5 Å². The number of carbonyl (C=O) groups is 1. The van der Waals surface area contributed by atoms with Crippen LogP contribution in [0.5, 0.6) is 11.5 Å². The zero-order valence-electron chi connectivity index (χ0n) is 14.0. The Bertz CT molecular complexity index is 899. The van der Waals surface area contributed by atoms with E-state index in [1.807, 2.05) is 36.4 Å². The summed E-state index contributed by atoms with van der Waals surface area (Å²) in [6, 6.07) is 17.1. The molecule has 1 amide bonds. The van der Waals surface area contributed by atoms with Crippen LogP contribution in [0.4, 0.5) is 5.69 Å². The summed E-state index contributed by atoms with van der Waals surface area (Å²) in [5, 5.41) is 4.75. The summed E-state index contributed by atoms with van der Waals surface area (Å²) >= 11 is 1.40. The molecule has 128 valence electrons. The van der Waals surface area contributed by atoms with Gasteiger partial charge in [-0.1, -0.05) is 36.0 Å². The van der Waals surface area contributed by atoms with E-state index in [1.54, 1.807) is 32.4 Å². The fourth-order valence-corrected chi connectivity index (χ4v) is 3.03. The van der Waals surface area contributed by atoms with Gasteiger partial charge in [0.15, 0.2) is 0 Å². The number of aromatic nitrogens is 1. The molecule has 25 heavy (non-hydrogen) atoms. The van der Waals surface area contributed by atoms with Crippen molar-refractivity contribution in [1.82, 2.24) is 4.98 Å². The lowest BCUT2D eigenvalue weighted by Gasteiger charge is -2.11. The first-order valence-corrected chi connectivity index (χ1v) is 8.68. The SMILES string of the molecule is COc1ccc(NC(=O)CSc2ccc3ccccc3n2)c(OC)c1. The van der Waals surface area contributed by atoms with Crippen molar-refractivity contribution in [3.63, 3.8) is 0 Å². The Balaban J connectivity index is 1.64. The van der Waals surface area contributed by atoms with Crippen molar-refractivity contribution in [3.05, 3.63) is 54.6 Å².